The van der Waals surface area contributed by atoms with E-state index in [1.807, 2.05) is 0 Å². The molecule has 0 aromatic rings. The van der Waals surface area contributed by atoms with Gasteiger partial charge in [-0.3, -0.25) is 4.90 Å². The first-order chi connectivity index (χ1) is 9.06. The Hall–Kier alpha value is 0.220. The molecule has 1 aliphatic rings. The maximum Gasteiger partial charge on any atom is 0.166 e. The van der Waals surface area contributed by atoms with E-state index in [-0.39, 0.29) is 11.1 Å². The molecule has 1 N–H and O–H groups in total. The Labute approximate surface area is 122 Å². The zero-order valence-electron chi connectivity index (χ0n) is 12.4. The molecule has 0 aromatic heterocycles. The minimum atomic E-state index is -2.98. The maximum absolute atomic E-state index is 12.2. The average Bonchev–Trinajstić information content (AvgIpc) is 2.44. The summed E-state index contributed by atoms with van der Waals surface area (Å²) in [5.41, 5.74) is 0. The van der Waals surface area contributed by atoms with Gasteiger partial charge in [0.1, 0.15) is 5.37 Å². The standard InChI is InChI=1S/C13H28N2O2S2/c1-4-7-14-10-12(5-2)15-8-9-18-11-13(15)19(16,17)6-3/h12-14H,4-11H2,1-3H3. The summed E-state index contributed by atoms with van der Waals surface area (Å²) >= 11 is 1.76. The second-order valence-electron chi connectivity index (χ2n) is 4.99. The summed E-state index contributed by atoms with van der Waals surface area (Å²) in [6.07, 6.45) is 2.11. The summed E-state index contributed by atoms with van der Waals surface area (Å²) < 4.78 is 24.5. The third kappa shape index (κ3) is 4.92. The fourth-order valence-corrected chi connectivity index (χ4v) is 5.55. The van der Waals surface area contributed by atoms with Crippen molar-refractivity contribution < 1.29 is 8.42 Å². The van der Waals surface area contributed by atoms with Crippen LogP contribution in [0.25, 0.3) is 0 Å². The van der Waals surface area contributed by atoms with Gasteiger partial charge in [-0.05, 0) is 19.4 Å². The van der Waals surface area contributed by atoms with Crippen LogP contribution in [0.3, 0.4) is 0 Å². The summed E-state index contributed by atoms with van der Waals surface area (Å²) in [7, 11) is -2.98. The van der Waals surface area contributed by atoms with E-state index >= 15 is 0 Å². The number of thioether (sulfide) groups is 1. The summed E-state index contributed by atoms with van der Waals surface area (Å²) in [4.78, 5) is 2.22. The SMILES string of the molecule is CCCNCC(CC)N1CCSCC1S(=O)(=O)CC. The van der Waals surface area contributed by atoms with Crippen molar-refractivity contribution in [2.45, 2.75) is 45.0 Å². The van der Waals surface area contributed by atoms with E-state index in [0.717, 1.165) is 44.0 Å². The van der Waals surface area contributed by atoms with Crippen LogP contribution in [0.5, 0.6) is 0 Å². The van der Waals surface area contributed by atoms with Gasteiger partial charge in [0.15, 0.2) is 9.84 Å². The van der Waals surface area contributed by atoms with Gasteiger partial charge in [-0.15, -0.1) is 0 Å². The van der Waals surface area contributed by atoms with Crippen molar-refractivity contribution >= 4 is 21.6 Å². The topological polar surface area (TPSA) is 49.4 Å². The number of rotatable bonds is 8. The van der Waals surface area contributed by atoms with Gasteiger partial charge in [0.2, 0.25) is 0 Å². The zero-order chi connectivity index (χ0) is 14.3. The number of nitrogens with zero attached hydrogens (tertiary/aromatic N) is 1. The van der Waals surface area contributed by atoms with Crippen molar-refractivity contribution in [3.8, 4) is 0 Å². The third-order valence-electron chi connectivity index (χ3n) is 3.69. The number of sulfone groups is 1. The number of hydrogen-bond donors (Lipinski definition) is 1. The molecular formula is C13H28N2O2S2. The molecule has 4 nitrogen and oxygen atoms in total. The minimum absolute atomic E-state index is 0.244. The van der Waals surface area contributed by atoms with Crippen LogP contribution in [-0.4, -0.2) is 61.6 Å². The normalized spacial score (nSPS) is 23.4. The van der Waals surface area contributed by atoms with E-state index < -0.39 is 9.84 Å². The zero-order valence-corrected chi connectivity index (χ0v) is 14.0. The molecule has 1 aliphatic heterocycles. The van der Waals surface area contributed by atoms with Crippen LogP contribution in [0.2, 0.25) is 0 Å². The van der Waals surface area contributed by atoms with Gasteiger partial charge in [0, 0.05) is 36.4 Å². The molecule has 0 aromatic carbocycles. The number of hydrogen-bond acceptors (Lipinski definition) is 5. The van der Waals surface area contributed by atoms with Crippen LogP contribution in [-0.2, 0) is 9.84 Å². The van der Waals surface area contributed by atoms with Gasteiger partial charge in [0.25, 0.3) is 0 Å². The van der Waals surface area contributed by atoms with Crippen LogP contribution < -0.4 is 5.32 Å². The molecule has 114 valence electrons. The predicted octanol–water partition coefficient (Wildman–Crippen LogP) is 1.57. The average molecular weight is 309 g/mol. The highest BCUT2D eigenvalue weighted by Crippen LogP contribution is 2.24. The van der Waals surface area contributed by atoms with E-state index in [1.165, 1.54) is 0 Å². The van der Waals surface area contributed by atoms with Crippen molar-refractivity contribution in [2.24, 2.45) is 0 Å². The maximum atomic E-state index is 12.2. The summed E-state index contributed by atoms with van der Waals surface area (Å²) in [5.74, 6) is 2.01. The second kappa shape index (κ2) is 8.49. The molecule has 2 unspecified atom stereocenters. The monoisotopic (exact) mass is 308 g/mol. The molecule has 6 heteroatoms. The molecule has 0 bridgehead atoms. The molecule has 0 aliphatic carbocycles. The molecule has 0 radical (unpaired) electrons. The van der Waals surface area contributed by atoms with Gasteiger partial charge >= 0.3 is 0 Å². The molecule has 19 heavy (non-hydrogen) atoms. The van der Waals surface area contributed by atoms with Gasteiger partial charge < -0.3 is 5.32 Å². The first-order valence-electron chi connectivity index (χ1n) is 7.32. The smallest absolute Gasteiger partial charge is 0.166 e. The van der Waals surface area contributed by atoms with Gasteiger partial charge in [-0.1, -0.05) is 20.8 Å². The van der Waals surface area contributed by atoms with Crippen LogP contribution in [0.4, 0.5) is 0 Å². The van der Waals surface area contributed by atoms with Gasteiger partial charge in [0.05, 0.1) is 0 Å². The Morgan fingerprint density at radius 2 is 2.11 bits per heavy atom. The van der Waals surface area contributed by atoms with Crippen molar-refractivity contribution in [1.82, 2.24) is 10.2 Å². The van der Waals surface area contributed by atoms with Crippen molar-refractivity contribution in [3.05, 3.63) is 0 Å². The number of nitrogens with one attached hydrogen (secondary N) is 1. The van der Waals surface area contributed by atoms with E-state index in [0.29, 0.717) is 6.04 Å². The molecule has 1 heterocycles. The lowest BCUT2D eigenvalue weighted by Gasteiger charge is -2.40. The first-order valence-corrected chi connectivity index (χ1v) is 10.2. The largest absolute Gasteiger partial charge is 0.315 e. The first kappa shape index (κ1) is 17.3. The van der Waals surface area contributed by atoms with Crippen molar-refractivity contribution in [1.29, 1.82) is 0 Å². The Morgan fingerprint density at radius 3 is 2.68 bits per heavy atom. The van der Waals surface area contributed by atoms with Crippen LogP contribution in [0, 0.1) is 0 Å². The Kier molecular flexibility index (Phi) is 7.72. The highest BCUT2D eigenvalue weighted by molar-refractivity contribution is 8.01. The van der Waals surface area contributed by atoms with Crippen LogP contribution in [0.15, 0.2) is 0 Å². The van der Waals surface area contributed by atoms with Crippen LogP contribution in [0.1, 0.15) is 33.6 Å². The van der Waals surface area contributed by atoms with Crippen molar-refractivity contribution in [3.63, 3.8) is 0 Å². The lowest BCUT2D eigenvalue weighted by Crippen LogP contribution is -2.55. The minimum Gasteiger partial charge on any atom is -0.315 e. The van der Waals surface area contributed by atoms with Gasteiger partial charge in [-0.2, -0.15) is 11.8 Å². The Balaban J connectivity index is 2.73. The second-order valence-corrected chi connectivity index (χ2v) is 8.58. The lowest BCUT2D eigenvalue weighted by atomic mass is 10.2. The molecule has 0 amide bonds. The molecule has 1 rings (SSSR count). The fourth-order valence-electron chi connectivity index (χ4n) is 2.46. The predicted molar refractivity (Wildman–Crippen MR) is 84.5 cm³/mol. The van der Waals surface area contributed by atoms with E-state index in [1.54, 1.807) is 18.7 Å². The van der Waals surface area contributed by atoms with Crippen molar-refractivity contribution in [2.75, 3.05) is 36.9 Å². The van der Waals surface area contributed by atoms with E-state index in [4.69, 9.17) is 0 Å². The van der Waals surface area contributed by atoms with E-state index in [9.17, 15) is 8.42 Å². The van der Waals surface area contributed by atoms with Crippen LogP contribution >= 0.6 is 11.8 Å². The molecular weight excluding hydrogens is 280 g/mol. The molecule has 1 fully saturated rings. The fraction of sp³-hybridized carbons (Fsp3) is 1.00. The highest BCUT2D eigenvalue weighted by Gasteiger charge is 2.35. The summed E-state index contributed by atoms with van der Waals surface area (Å²) in [6.45, 7) is 8.84. The molecule has 0 spiro atoms. The highest BCUT2D eigenvalue weighted by atomic mass is 32.2. The Bertz CT molecular complexity index is 347. The summed E-state index contributed by atoms with van der Waals surface area (Å²) in [6, 6.07) is 0.332. The third-order valence-corrected chi connectivity index (χ3v) is 6.99. The Morgan fingerprint density at radius 1 is 1.37 bits per heavy atom. The molecule has 1 saturated heterocycles. The van der Waals surface area contributed by atoms with E-state index in [2.05, 4.69) is 24.1 Å². The quantitative estimate of drug-likeness (QED) is 0.690. The lowest BCUT2D eigenvalue weighted by molar-refractivity contribution is 0.182. The van der Waals surface area contributed by atoms with Gasteiger partial charge in [-0.25, -0.2) is 8.42 Å². The molecule has 0 saturated carbocycles. The molecule has 2 atom stereocenters. The summed E-state index contributed by atoms with van der Waals surface area (Å²) in [5, 5.41) is 3.14.